The van der Waals surface area contributed by atoms with Crippen molar-refractivity contribution in [3.8, 4) is 0 Å². The van der Waals surface area contributed by atoms with E-state index in [0.717, 1.165) is 15.7 Å². The number of piperazine rings is 1. The summed E-state index contributed by atoms with van der Waals surface area (Å²) in [6, 6.07) is 6.89. The normalized spacial score (nSPS) is 22.9. The van der Waals surface area contributed by atoms with E-state index in [4.69, 9.17) is 0 Å². The van der Waals surface area contributed by atoms with E-state index < -0.39 is 12.1 Å². The molecule has 0 saturated carbocycles. The Morgan fingerprint density at radius 1 is 1.25 bits per heavy atom. The van der Waals surface area contributed by atoms with Crippen LogP contribution in [0.3, 0.4) is 0 Å². The van der Waals surface area contributed by atoms with Crippen molar-refractivity contribution in [2.24, 2.45) is 0 Å². The lowest BCUT2D eigenvalue weighted by atomic mass is 10.0. The first-order valence-corrected chi connectivity index (χ1v) is 8.06. The van der Waals surface area contributed by atoms with Crippen LogP contribution in [0.2, 0.25) is 0 Å². The molecular formula is C15H19IN2O2. The maximum absolute atomic E-state index is 12.7. The Bertz CT molecular complexity index is 518. The molecule has 1 aromatic carbocycles. The zero-order chi connectivity index (χ0) is 14.7. The molecule has 1 aliphatic rings. The standard InChI is InChI=1S/C15H19IN2O2/c1-3-7-11-15(20)18(12(4-2)14(19)17-11)13-9-6-5-8-10(13)16/h5-6,8-9,11-12H,3-4,7H2,1-2H3,(H,17,19). The van der Waals surface area contributed by atoms with Crippen LogP contribution in [-0.4, -0.2) is 23.9 Å². The summed E-state index contributed by atoms with van der Waals surface area (Å²) in [5.74, 6) is -0.0485. The van der Waals surface area contributed by atoms with Crippen LogP contribution < -0.4 is 10.2 Å². The predicted molar refractivity (Wildman–Crippen MR) is 87.6 cm³/mol. The van der Waals surface area contributed by atoms with Gasteiger partial charge in [-0.15, -0.1) is 0 Å². The lowest BCUT2D eigenvalue weighted by molar-refractivity contribution is -0.134. The highest BCUT2D eigenvalue weighted by Crippen LogP contribution is 2.28. The third kappa shape index (κ3) is 2.82. The average Bonchev–Trinajstić information content (AvgIpc) is 2.43. The Morgan fingerprint density at radius 2 is 1.95 bits per heavy atom. The smallest absolute Gasteiger partial charge is 0.250 e. The van der Waals surface area contributed by atoms with Crippen LogP contribution in [-0.2, 0) is 9.59 Å². The molecule has 5 heteroatoms. The summed E-state index contributed by atoms with van der Waals surface area (Å²) in [6.07, 6.45) is 2.16. The van der Waals surface area contributed by atoms with Crippen LogP contribution in [0.5, 0.6) is 0 Å². The van der Waals surface area contributed by atoms with Gasteiger partial charge >= 0.3 is 0 Å². The molecule has 2 unspecified atom stereocenters. The SMILES string of the molecule is CCCC1NC(=O)C(CC)N(c2ccccc2I)C1=O. The van der Waals surface area contributed by atoms with E-state index in [1.807, 2.05) is 38.1 Å². The van der Waals surface area contributed by atoms with Gasteiger partial charge in [-0.05, 0) is 47.6 Å². The minimum atomic E-state index is -0.411. The largest absolute Gasteiger partial charge is 0.342 e. The third-order valence-electron chi connectivity index (χ3n) is 3.54. The summed E-state index contributed by atoms with van der Waals surface area (Å²) in [5, 5.41) is 2.85. The quantitative estimate of drug-likeness (QED) is 0.810. The van der Waals surface area contributed by atoms with E-state index in [1.54, 1.807) is 4.90 Å². The molecular weight excluding hydrogens is 367 g/mol. The molecule has 20 heavy (non-hydrogen) atoms. The topological polar surface area (TPSA) is 49.4 Å². The fourth-order valence-corrected chi connectivity index (χ4v) is 3.20. The monoisotopic (exact) mass is 386 g/mol. The Kier molecular flexibility index (Phi) is 5.01. The molecule has 1 heterocycles. The molecule has 0 bridgehead atoms. The number of nitrogens with one attached hydrogen (secondary N) is 1. The first kappa shape index (κ1) is 15.3. The van der Waals surface area contributed by atoms with Crippen molar-refractivity contribution in [2.75, 3.05) is 4.90 Å². The molecule has 1 N–H and O–H groups in total. The molecule has 0 aliphatic carbocycles. The highest BCUT2D eigenvalue weighted by molar-refractivity contribution is 14.1. The summed E-state index contributed by atoms with van der Waals surface area (Å²) < 4.78 is 0.988. The van der Waals surface area contributed by atoms with Crippen LogP contribution >= 0.6 is 22.6 Å². The molecule has 1 saturated heterocycles. The van der Waals surface area contributed by atoms with Crippen LogP contribution in [0.4, 0.5) is 5.69 Å². The summed E-state index contributed by atoms with van der Waals surface area (Å²) in [6.45, 7) is 3.95. The van der Waals surface area contributed by atoms with Gasteiger partial charge in [-0.2, -0.15) is 0 Å². The zero-order valence-corrected chi connectivity index (χ0v) is 13.9. The first-order chi connectivity index (χ1) is 9.60. The molecule has 2 amide bonds. The number of carbonyl (C=O) groups is 2. The lowest BCUT2D eigenvalue weighted by Gasteiger charge is -2.39. The van der Waals surface area contributed by atoms with Crippen molar-refractivity contribution in [1.29, 1.82) is 0 Å². The van der Waals surface area contributed by atoms with Crippen molar-refractivity contribution in [1.82, 2.24) is 5.32 Å². The zero-order valence-electron chi connectivity index (χ0n) is 11.7. The maximum atomic E-state index is 12.7. The second-order valence-electron chi connectivity index (χ2n) is 4.93. The first-order valence-electron chi connectivity index (χ1n) is 6.98. The maximum Gasteiger partial charge on any atom is 0.250 e. The number of nitrogens with zero attached hydrogens (tertiary/aromatic N) is 1. The highest BCUT2D eigenvalue weighted by Gasteiger charge is 2.40. The highest BCUT2D eigenvalue weighted by atomic mass is 127. The minimum absolute atomic E-state index is 0.00224. The van der Waals surface area contributed by atoms with Gasteiger partial charge in [-0.25, -0.2) is 0 Å². The lowest BCUT2D eigenvalue weighted by Crippen LogP contribution is -2.63. The Balaban J connectivity index is 2.41. The van der Waals surface area contributed by atoms with Crippen LogP contribution in [0.1, 0.15) is 33.1 Å². The summed E-state index contributed by atoms with van der Waals surface area (Å²) >= 11 is 2.21. The van der Waals surface area contributed by atoms with E-state index in [2.05, 4.69) is 27.9 Å². The second kappa shape index (κ2) is 6.56. The van der Waals surface area contributed by atoms with E-state index in [0.29, 0.717) is 12.8 Å². The number of rotatable bonds is 4. The molecule has 108 valence electrons. The van der Waals surface area contributed by atoms with Gasteiger partial charge in [0, 0.05) is 3.57 Å². The number of carbonyl (C=O) groups excluding carboxylic acids is 2. The molecule has 2 rings (SSSR count). The van der Waals surface area contributed by atoms with E-state index in [9.17, 15) is 9.59 Å². The Labute approximate surface area is 133 Å². The van der Waals surface area contributed by atoms with Crippen molar-refractivity contribution >= 4 is 40.1 Å². The third-order valence-corrected chi connectivity index (χ3v) is 4.45. The fraction of sp³-hybridized carbons (Fsp3) is 0.467. The average molecular weight is 386 g/mol. The number of hydrogen-bond donors (Lipinski definition) is 1. The van der Waals surface area contributed by atoms with Crippen molar-refractivity contribution in [2.45, 2.75) is 45.2 Å². The Hall–Kier alpha value is -1.11. The van der Waals surface area contributed by atoms with E-state index >= 15 is 0 Å². The predicted octanol–water partition coefficient (Wildman–Crippen LogP) is 2.70. The summed E-state index contributed by atoms with van der Waals surface area (Å²) in [7, 11) is 0. The fourth-order valence-electron chi connectivity index (χ4n) is 2.55. The van der Waals surface area contributed by atoms with Gasteiger partial charge in [0.05, 0.1) is 5.69 Å². The van der Waals surface area contributed by atoms with Gasteiger partial charge in [-0.3, -0.25) is 14.5 Å². The molecule has 1 fully saturated rings. The van der Waals surface area contributed by atoms with Gasteiger partial charge in [0.25, 0.3) is 0 Å². The van der Waals surface area contributed by atoms with E-state index in [1.165, 1.54) is 0 Å². The van der Waals surface area contributed by atoms with Crippen LogP contribution in [0.15, 0.2) is 24.3 Å². The van der Waals surface area contributed by atoms with Gasteiger partial charge in [0.1, 0.15) is 12.1 Å². The molecule has 0 radical (unpaired) electrons. The van der Waals surface area contributed by atoms with Gasteiger partial charge in [-0.1, -0.05) is 32.4 Å². The number of para-hydroxylation sites is 1. The number of amides is 2. The number of halogens is 1. The molecule has 0 spiro atoms. The van der Waals surface area contributed by atoms with Gasteiger partial charge in [0.15, 0.2) is 0 Å². The molecule has 0 aromatic heterocycles. The Morgan fingerprint density at radius 3 is 2.55 bits per heavy atom. The molecule has 1 aliphatic heterocycles. The molecule has 1 aromatic rings. The molecule has 2 atom stereocenters. The van der Waals surface area contributed by atoms with Gasteiger partial charge in [0.2, 0.25) is 11.8 Å². The van der Waals surface area contributed by atoms with Crippen molar-refractivity contribution in [3.63, 3.8) is 0 Å². The second-order valence-corrected chi connectivity index (χ2v) is 6.10. The number of benzene rings is 1. The van der Waals surface area contributed by atoms with Crippen LogP contribution in [0, 0.1) is 3.57 Å². The summed E-state index contributed by atoms with van der Waals surface area (Å²) in [5.41, 5.74) is 0.834. The molecule has 4 nitrogen and oxygen atoms in total. The van der Waals surface area contributed by atoms with E-state index in [-0.39, 0.29) is 11.8 Å². The van der Waals surface area contributed by atoms with Crippen molar-refractivity contribution in [3.05, 3.63) is 27.8 Å². The van der Waals surface area contributed by atoms with Crippen molar-refractivity contribution < 1.29 is 9.59 Å². The minimum Gasteiger partial charge on any atom is -0.342 e. The number of anilines is 1. The van der Waals surface area contributed by atoms with Crippen LogP contribution in [0.25, 0.3) is 0 Å². The van der Waals surface area contributed by atoms with Gasteiger partial charge < -0.3 is 5.32 Å². The summed E-state index contributed by atoms with van der Waals surface area (Å²) in [4.78, 5) is 26.6. The number of hydrogen-bond acceptors (Lipinski definition) is 2.